The second kappa shape index (κ2) is 9.71. The van der Waals surface area contributed by atoms with Gasteiger partial charge in [-0.2, -0.15) is 0 Å². The molecule has 1 aliphatic carbocycles. The van der Waals surface area contributed by atoms with Crippen LogP contribution >= 0.6 is 0 Å². The van der Waals surface area contributed by atoms with Crippen molar-refractivity contribution >= 4 is 17.9 Å². The van der Waals surface area contributed by atoms with Crippen LogP contribution in [-0.2, 0) is 35.2 Å². The van der Waals surface area contributed by atoms with E-state index in [-0.39, 0.29) is 24.9 Å². The molecule has 0 amide bonds. The average Bonchev–Trinajstić information content (AvgIpc) is 2.65. The van der Waals surface area contributed by atoms with Gasteiger partial charge in [-0.3, -0.25) is 14.4 Å². The third-order valence-electron chi connectivity index (χ3n) is 4.88. The summed E-state index contributed by atoms with van der Waals surface area (Å²) in [5.74, 6) is -2.31. The zero-order valence-corrected chi connectivity index (χ0v) is 17.1. The number of rotatable bonds is 6. The Bertz CT molecular complexity index is 676. The van der Waals surface area contributed by atoms with Gasteiger partial charge >= 0.3 is 17.9 Å². The molecule has 1 fully saturated rings. The van der Waals surface area contributed by atoms with E-state index >= 15 is 0 Å². The normalized spacial score (nSPS) is 22.2. The molecule has 6 nitrogen and oxygen atoms in total. The van der Waals surface area contributed by atoms with Gasteiger partial charge in [0.25, 0.3) is 0 Å². The average molecular weight is 390 g/mol. The van der Waals surface area contributed by atoms with E-state index < -0.39 is 29.4 Å². The zero-order valence-electron chi connectivity index (χ0n) is 17.1. The first-order valence-electron chi connectivity index (χ1n) is 9.70. The molecule has 3 atom stereocenters. The van der Waals surface area contributed by atoms with Crippen molar-refractivity contribution in [2.24, 2.45) is 17.8 Å². The maximum atomic E-state index is 12.8. The van der Waals surface area contributed by atoms with Crippen molar-refractivity contribution in [3.05, 3.63) is 35.9 Å². The van der Waals surface area contributed by atoms with E-state index in [1.807, 2.05) is 30.3 Å². The van der Waals surface area contributed by atoms with Gasteiger partial charge in [-0.1, -0.05) is 30.3 Å². The van der Waals surface area contributed by atoms with Gasteiger partial charge in [0.05, 0.1) is 18.9 Å². The number of esters is 3. The van der Waals surface area contributed by atoms with Crippen molar-refractivity contribution in [2.75, 3.05) is 7.11 Å². The molecule has 154 valence electrons. The lowest BCUT2D eigenvalue weighted by atomic mass is 9.73. The molecule has 0 radical (unpaired) electrons. The highest BCUT2D eigenvalue weighted by Gasteiger charge is 2.42. The number of benzene rings is 1. The van der Waals surface area contributed by atoms with Gasteiger partial charge in [0, 0.05) is 6.42 Å². The lowest BCUT2D eigenvalue weighted by Crippen LogP contribution is -2.40. The van der Waals surface area contributed by atoms with Crippen molar-refractivity contribution in [1.29, 1.82) is 0 Å². The maximum absolute atomic E-state index is 12.8. The smallest absolute Gasteiger partial charge is 0.310 e. The largest absolute Gasteiger partial charge is 0.469 e. The van der Waals surface area contributed by atoms with Gasteiger partial charge in [-0.15, -0.1) is 0 Å². The molecule has 28 heavy (non-hydrogen) atoms. The van der Waals surface area contributed by atoms with Gasteiger partial charge in [0.15, 0.2) is 0 Å². The van der Waals surface area contributed by atoms with Gasteiger partial charge in [-0.25, -0.2) is 0 Å². The lowest BCUT2D eigenvalue weighted by Gasteiger charge is -2.34. The van der Waals surface area contributed by atoms with E-state index in [4.69, 9.17) is 14.2 Å². The summed E-state index contributed by atoms with van der Waals surface area (Å²) in [6.07, 6.45) is 1.80. The number of carbonyl (C=O) groups excluding carboxylic acids is 3. The Morgan fingerprint density at radius 1 is 1.00 bits per heavy atom. The van der Waals surface area contributed by atoms with Gasteiger partial charge in [0.1, 0.15) is 12.2 Å². The molecule has 2 rings (SSSR count). The van der Waals surface area contributed by atoms with Crippen molar-refractivity contribution in [3.63, 3.8) is 0 Å². The summed E-state index contributed by atoms with van der Waals surface area (Å²) in [5, 5.41) is 0. The van der Waals surface area contributed by atoms with E-state index in [9.17, 15) is 14.4 Å². The summed E-state index contributed by atoms with van der Waals surface area (Å²) in [6, 6.07) is 9.42. The highest BCUT2D eigenvalue weighted by molar-refractivity contribution is 5.82. The predicted molar refractivity (Wildman–Crippen MR) is 103 cm³/mol. The molecule has 1 aromatic carbocycles. The van der Waals surface area contributed by atoms with E-state index in [1.54, 1.807) is 20.8 Å². The second-order valence-electron chi connectivity index (χ2n) is 8.30. The van der Waals surface area contributed by atoms with Crippen LogP contribution < -0.4 is 0 Å². The van der Waals surface area contributed by atoms with Gasteiger partial charge in [0.2, 0.25) is 0 Å². The highest BCUT2D eigenvalue weighted by atomic mass is 16.6. The number of ether oxygens (including phenoxy) is 3. The van der Waals surface area contributed by atoms with E-state index in [2.05, 4.69) is 0 Å². The molecule has 1 aliphatic rings. The fourth-order valence-electron chi connectivity index (χ4n) is 3.52. The number of carbonyl (C=O) groups is 3. The monoisotopic (exact) mass is 390 g/mol. The number of hydrogen-bond acceptors (Lipinski definition) is 6. The quantitative estimate of drug-likeness (QED) is 0.545. The molecule has 6 heteroatoms. The molecule has 0 unspecified atom stereocenters. The standard InChI is InChI=1S/C22H30O6/c1-22(2,3)28-21(25)18-12-16(13-19(23)26-4)10-11-17(18)20(24)27-14-15-8-6-5-7-9-15/h5-9,16-18H,10-14H2,1-4H3/t16-,17+,18+/m1/s1. The number of methoxy groups -OCH3 is 1. The Morgan fingerprint density at radius 3 is 2.29 bits per heavy atom. The van der Waals surface area contributed by atoms with Crippen LogP contribution in [0.2, 0.25) is 0 Å². The van der Waals surface area contributed by atoms with Crippen molar-refractivity contribution in [1.82, 2.24) is 0 Å². The summed E-state index contributed by atoms with van der Waals surface area (Å²) in [5.41, 5.74) is 0.245. The minimum absolute atomic E-state index is 0.0110. The molecular weight excluding hydrogens is 360 g/mol. The van der Waals surface area contributed by atoms with Crippen LogP contribution in [0.3, 0.4) is 0 Å². The van der Waals surface area contributed by atoms with E-state index in [1.165, 1.54) is 7.11 Å². The summed E-state index contributed by atoms with van der Waals surface area (Å²) in [6.45, 7) is 5.55. The Labute approximate surface area is 166 Å². The van der Waals surface area contributed by atoms with Crippen LogP contribution in [0.15, 0.2) is 30.3 Å². The first kappa shape index (κ1) is 21.9. The molecule has 1 aromatic rings. The Hall–Kier alpha value is -2.37. The fourth-order valence-corrected chi connectivity index (χ4v) is 3.52. The number of hydrogen-bond donors (Lipinski definition) is 0. The molecule has 0 aromatic heterocycles. The van der Waals surface area contributed by atoms with Crippen LogP contribution in [0.1, 0.15) is 52.0 Å². The minimum Gasteiger partial charge on any atom is -0.469 e. The van der Waals surface area contributed by atoms with Crippen LogP contribution in [0.5, 0.6) is 0 Å². The van der Waals surface area contributed by atoms with Crippen LogP contribution in [0, 0.1) is 17.8 Å². The maximum Gasteiger partial charge on any atom is 0.310 e. The topological polar surface area (TPSA) is 78.9 Å². The Balaban J connectivity index is 2.07. The Kier molecular flexibility index (Phi) is 7.61. The molecule has 0 spiro atoms. The highest BCUT2D eigenvalue weighted by Crippen LogP contribution is 2.38. The molecule has 0 N–H and O–H groups in total. The zero-order chi connectivity index (χ0) is 20.7. The lowest BCUT2D eigenvalue weighted by molar-refractivity contribution is -0.172. The van der Waals surface area contributed by atoms with Gasteiger partial charge < -0.3 is 14.2 Å². The summed E-state index contributed by atoms with van der Waals surface area (Å²) < 4.78 is 15.8. The first-order chi connectivity index (χ1) is 13.2. The van der Waals surface area contributed by atoms with Crippen molar-refractivity contribution in [3.8, 4) is 0 Å². The van der Waals surface area contributed by atoms with Gasteiger partial charge in [-0.05, 0) is 51.5 Å². The molecular formula is C22H30O6. The third-order valence-corrected chi connectivity index (χ3v) is 4.88. The SMILES string of the molecule is COC(=O)C[C@@H]1CC[C@H](C(=O)OCc2ccccc2)[C@@H](C(=O)OC(C)(C)C)C1. The first-order valence-corrected chi connectivity index (χ1v) is 9.70. The van der Waals surface area contributed by atoms with Crippen molar-refractivity contribution < 1.29 is 28.6 Å². The molecule has 0 heterocycles. The predicted octanol–water partition coefficient (Wildman–Crippen LogP) is 3.67. The van der Waals surface area contributed by atoms with Crippen LogP contribution in [-0.4, -0.2) is 30.6 Å². The minimum atomic E-state index is -0.648. The van der Waals surface area contributed by atoms with Crippen LogP contribution in [0.4, 0.5) is 0 Å². The third kappa shape index (κ3) is 6.66. The summed E-state index contributed by atoms with van der Waals surface area (Å²) >= 11 is 0. The second-order valence-corrected chi connectivity index (χ2v) is 8.30. The molecule has 0 bridgehead atoms. The van der Waals surface area contributed by atoms with E-state index in [0.29, 0.717) is 19.3 Å². The molecule has 0 aliphatic heterocycles. The van der Waals surface area contributed by atoms with E-state index in [0.717, 1.165) is 5.56 Å². The molecule has 0 saturated heterocycles. The Morgan fingerprint density at radius 2 is 1.68 bits per heavy atom. The van der Waals surface area contributed by atoms with Crippen LogP contribution in [0.25, 0.3) is 0 Å². The summed E-state index contributed by atoms with van der Waals surface area (Å²) in [7, 11) is 1.35. The fraction of sp³-hybridized carbons (Fsp3) is 0.591. The van der Waals surface area contributed by atoms with Crippen molar-refractivity contribution in [2.45, 2.75) is 58.7 Å². The molecule has 1 saturated carbocycles. The summed E-state index contributed by atoms with van der Waals surface area (Å²) in [4.78, 5) is 37.1.